The van der Waals surface area contributed by atoms with Crippen LogP contribution in [-0.2, 0) is 11.2 Å². The molecule has 0 aliphatic rings. The first-order valence-corrected chi connectivity index (χ1v) is 5.02. The zero-order valence-electron chi connectivity index (χ0n) is 8.53. The summed E-state index contributed by atoms with van der Waals surface area (Å²) in [5, 5.41) is 0. The smallest absolute Gasteiger partial charge is 0.157 e. The number of benzene rings is 1. The molecule has 0 unspecified atom stereocenters. The maximum absolute atomic E-state index is 10.2. The van der Waals surface area contributed by atoms with Crippen molar-refractivity contribution in [1.82, 2.24) is 0 Å². The lowest BCUT2D eigenvalue weighted by atomic mass is 10.1. The molecule has 0 amide bonds. The molecule has 0 aromatic heterocycles. The molecule has 2 heteroatoms. The van der Waals surface area contributed by atoms with Gasteiger partial charge in [0.05, 0.1) is 0 Å². The van der Waals surface area contributed by atoms with E-state index in [-0.39, 0.29) is 6.61 Å². The summed E-state index contributed by atoms with van der Waals surface area (Å²) in [7, 11) is 0. The summed E-state index contributed by atoms with van der Waals surface area (Å²) in [6, 6.07) is 7.89. The first-order valence-electron chi connectivity index (χ1n) is 5.02. The van der Waals surface area contributed by atoms with Crippen LogP contribution >= 0.6 is 0 Å². The van der Waals surface area contributed by atoms with Crippen LogP contribution in [-0.4, -0.2) is 12.9 Å². The highest BCUT2D eigenvalue weighted by Crippen LogP contribution is 2.19. The molecular weight excluding hydrogens is 176 g/mol. The molecule has 0 spiro atoms. The standard InChI is InChI=1S/C12H16O2/c1-2-3-6-11-7-4-5-8-12(11)14-10-9-13/h4-5,7-9H,2-3,6,10H2,1H3. The van der Waals surface area contributed by atoms with Crippen LogP contribution in [0.4, 0.5) is 0 Å². The van der Waals surface area contributed by atoms with Crippen molar-refractivity contribution in [3.05, 3.63) is 29.8 Å². The predicted molar refractivity (Wildman–Crippen MR) is 56.6 cm³/mol. The van der Waals surface area contributed by atoms with Gasteiger partial charge in [0.15, 0.2) is 6.29 Å². The van der Waals surface area contributed by atoms with Gasteiger partial charge in [0.25, 0.3) is 0 Å². The van der Waals surface area contributed by atoms with Gasteiger partial charge in [-0.1, -0.05) is 31.5 Å². The van der Waals surface area contributed by atoms with E-state index in [2.05, 4.69) is 13.0 Å². The zero-order chi connectivity index (χ0) is 10.2. The summed E-state index contributed by atoms with van der Waals surface area (Å²) in [4.78, 5) is 10.2. The number of hydrogen-bond acceptors (Lipinski definition) is 2. The summed E-state index contributed by atoms with van der Waals surface area (Å²) < 4.78 is 5.32. The topological polar surface area (TPSA) is 26.3 Å². The second kappa shape index (κ2) is 6.19. The largest absolute Gasteiger partial charge is 0.486 e. The van der Waals surface area contributed by atoms with Gasteiger partial charge >= 0.3 is 0 Å². The highest BCUT2D eigenvalue weighted by atomic mass is 16.5. The van der Waals surface area contributed by atoms with Crippen molar-refractivity contribution in [3.8, 4) is 5.75 Å². The molecule has 0 bridgehead atoms. The van der Waals surface area contributed by atoms with Gasteiger partial charge in [-0.05, 0) is 24.5 Å². The minimum Gasteiger partial charge on any atom is -0.486 e. The van der Waals surface area contributed by atoms with Crippen LogP contribution in [0.25, 0.3) is 0 Å². The van der Waals surface area contributed by atoms with E-state index in [4.69, 9.17) is 4.74 Å². The molecule has 0 saturated carbocycles. The van der Waals surface area contributed by atoms with Crippen molar-refractivity contribution in [2.75, 3.05) is 6.61 Å². The lowest BCUT2D eigenvalue weighted by molar-refractivity contribution is -0.109. The molecule has 0 heterocycles. The molecule has 0 aliphatic carbocycles. The maximum Gasteiger partial charge on any atom is 0.157 e. The van der Waals surface area contributed by atoms with Crippen LogP contribution in [0.2, 0.25) is 0 Å². The summed E-state index contributed by atoms with van der Waals surface area (Å²) >= 11 is 0. The quantitative estimate of drug-likeness (QED) is 0.647. The van der Waals surface area contributed by atoms with E-state index in [1.54, 1.807) is 0 Å². The van der Waals surface area contributed by atoms with Crippen molar-refractivity contribution in [2.45, 2.75) is 26.2 Å². The fourth-order valence-electron chi connectivity index (χ4n) is 1.34. The molecule has 0 atom stereocenters. The molecular formula is C12H16O2. The number of unbranched alkanes of at least 4 members (excludes halogenated alkanes) is 1. The van der Waals surface area contributed by atoms with E-state index in [9.17, 15) is 4.79 Å². The second-order valence-electron chi connectivity index (χ2n) is 3.19. The van der Waals surface area contributed by atoms with E-state index < -0.39 is 0 Å². The normalized spacial score (nSPS) is 9.79. The number of rotatable bonds is 6. The monoisotopic (exact) mass is 192 g/mol. The average Bonchev–Trinajstić information content (AvgIpc) is 2.24. The molecule has 1 rings (SSSR count). The van der Waals surface area contributed by atoms with Crippen LogP contribution in [0, 0.1) is 0 Å². The Hall–Kier alpha value is -1.31. The third kappa shape index (κ3) is 3.21. The Balaban J connectivity index is 2.64. The van der Waals surface area contributed by atoms with E-state index in [0.717, 1.165) is 24.9 Å². The summed E-state index contributed by atoms with van der Waals surface area (Å²) in [5.74, 6) is 0.841. The lowest BCUT2D eigenvalue weighted by Crippen LogP contribution is -2.00. The fraction of sp³-hybridized carbons (Fsp3) is 0.417. The van der Waals surface area contributed by atoms with E-state index in [1.165, 1.54) is 12.0 Å². The Labute approximate surface area is 84.9 Å². The van der Waals surface area contributed by atoms with Crippen molar-refractivity contribution in [1.29, 1.82) is 0 Å². The molecule has 14 heavy (non-hydrogen) atoms. The van der Waals surface area contributed by atoms with Gasteiger partial charge < -0.3 is 4.74 Å². The predicted octanol–water partition coefficient (Wildman–Crippen LogP) is 2.61. The Bertz CT molecular complexity index is 281. The van der Waals surface area contributed by atoms with Crippen molar-refractivity contribution < 1.29 is 9.53 Å². The fourth-order valence-corrected chi connectivity index (χ4v) is 1.34. The third-order valence-corrected chi connectivity index (χ3v) is 2.08. The summed E-state index contributed by atoms with van der Waals surface area (Å²) in [5.41, 5.74) is 1.19. The number of carbonyl (C=O) groups excluding carboxylic acids is 1. The molecule has 0 aliphatic heterocycles. The van der Waals surface area contributed by atoms with E-state index >= 15 is 0 Å². The molecule has 2 nitrogen and oxygen atoms in total. The average molecular weight is 192 g/mol. The number of ether oxygens (including phenoxy) is 1. The molecule has 0 fully saturated rings. The molecule has 1 aromatic rings. The van der Waals surface area contributed by atoms with Crippen LogP contribution in [0.1, 0.15) is 25.3 Å². The summed E-state index contributed by atoms with van der Waals surface area (Å²) in [6.45, 7) is 2.30. The van der Waals surface area contributed by atoms with Gasteiger partial charge in [0, 0.05) is 0 Å². The van der Waals surface area contributed by atoms with Crippen LogP contribution in [0.15, 0.2) is 24.3 Å². The zero-order valence-corrected chi connectivity index (χ0v) is 8.53. The van der Waals surface area contributed by atoms with Gasteiger partial charge in [-0.25, -0.2) is 0 Å². The Morgan fingerprint density at radius 3 is 2.86 bits per heavy atom. The Morgan fingerprint density at radius 1 is 1.36 bits per heavy atom. The summed E-state index contributed by atoms with van der Waals surface area (Å²) in [6.07, 6.45) is 4.12. The van der Waals surface area contributed by atoms with Gasteiger partial charge in [0.1, 0.15) is 12.4 Å². The van der Waals surface area contributed by atoms with Crippen LogP contribution in [0.5, 0.6) is 5.75 Å². The second-order valence-corrected chi connectivity index (χ2v) is 3.19. The minimum absolute atomic E-state index is 0.142. The highest BCUT2D eigenvalue weighted by Gasteiger charge is 2.01. The Kier molecular flexibility index (Phi) is 4.76. The van der Waals surface area contributed by atoms with Crippen molar-refractivity contribution in [2.24, 2.45) is 0 Å². The number of aryl methyl sites for hydroxylation is 1. The third-order valence-electron chi connectivity index (χ3n) is 2.08. The van der Waals surface area contributed by atoms with E-state index in [0.29, 0.717) is 0 Å². The number of carbonyl (C=O) groups is 1. The first-order chi connectivity index (χ1) is 6.88. The number of aldehydes is 1. The van der Waals surface area contributed by atoms with Gasteiger partial charge in [-0.2, -0.15) is 0 Å². The van der Waals surface area contributed by atoms with E-state index in [1.807, 2.05) is 18.2 Å². The minimum atomic E-state index is 0.142. The molecule has 0 radical (unpaired) electrons. The molecule has 0 N–H and O–H groups in total. The highest BCUT2D eigenvalue weighted by molar-refractivity contribution is 5.51. The van der Waals surface area contributed by atoms with Gasteiger partial charge in [-0.15, -0.1) is 0 Å². The van der Waals surface area contributed by atoms with Gasteiger partial charge in [-0.3, -0.25) is 4.79 Å². The molecule has 0 saturated heterocycles. The lowest BCUT2D eigenvalue weighted by Gasteiger charge is -2.08. The van der Waals surface area contributed by atoms with Crippen LogP contribution in [0.3, 0.4) is 0 Å². The number of para-hydroxylation sites is 1. The Morgan fingerprint density at radius 2 is 2.14 bits per heavy atom. The molecule has 1 aromatic carbocycles. The first kappa shape index (κ1) is 10.8. The van der Waals surface area contributed by atoms with Gasteiger partial charge in [0.2, 0.25) is 0 Å². The number of hydrogen-bond donors (Lipinski definition) is 0. The SMILES string of the molecule is CCCCc1ccccc1OCC=O. The van der Waals surface area contributed by atoms with Crippen LogP contribution < -0.4 is 4.74 Å². The van der Waals surface area contributed by atoms with Crippen molar-refractivity contribution >= 4 is 6.29 Å². The van der Waals surface area contributed by atoms with Crippen molar-refractivity contribution in [3.63, 3.8) is 0 Å². The molecule has 76 valence electrons. The maximum atomic E-state index is 10.2.